The van der Waals surface area contributed by atoms with E-state index in [1.807, 2.05) is 0 Å². The first kappa shape index (κ1) is 23.4. The van der Waals surface area contributed by atoms with Gasteiger partial charge < -0.3 is 18.8 Å². The van der Waals surface area contributed by atoms with E-state index in [1.54, 1.807) is 0 Å². The van der Waals surface area contributed by atoms with Crippen molar-refractivity contribution in [3.8, 4) is 6.42 Å². The Morgan fingerprint density at radius 2 is 1.12 bits per heavy atom. The minimum atomic E-state index is 0. The minimum absolute atomic E-state index is 0. The summed E-state index contributed by atoms with van der Waals surface area (Å²) in [4.78, 5) is 0. The smallest absolute Gasteiger partial charge is 0 e. The molecule has 47 valence electrons. The first-order valence-electron chi connectivity index (χ1n) is 1.79. The van der Waals surface area contributed by atoms with Gasteiger partial charge in [0.25, 0.3) is 0 Å². The van der Waals surface area contributed by atoms with E-state index in [1.165, 1.54) is 5.92 Å². The van der Waals surface area contributed by atoms with Gasteiger partial charge in [-0.25, -0.2) is 0 Å². The summed E-state index contributed by atoms with van der Waals surface area (Å²) in [7, 11) is 0. The Morgan fingerprint density at radius 3 is 1.12 bits per heavy atom. The summed E-state index contributed by atoms with van der Waals surface area (Å²) in [5.41, 5.74) is 0. The third-order valence-corrected chi connectivity index (χ3v) is 0. The maximum absolute atomic E-state index is 5.25. The van der Waals surface area contributed by atoms with E-state index in [0.29, 0.717) is 0 Å². The molecule has 0 aromatic heterocycles. The molecule has 0 bridgehead atoms. The number of rotatable bonds is 0. The molecule has 1 radical (unpaired) electrons. The van der Waals surface area contributed by atoms with Crippen LogP contribution >= 0.6 is 0 Å². The fraction of sp³-hybridized carbons (Fsp3) is 0.571. The van der Waals surface area contributed by atoms with Gasteiger partial charge in [0.2, 0.25) is 0 Å². The van der Waals surface area contributed by atoms with Crippen LogP contribution in [0.25, 0.3) is 0 Å². The van der Waals surface area contributed by atoms with E-state index in [9.17, 15) is 0 Å². The van der Waals surface area contributed by atoms with E-state index in [2.05, 4.69) is 27.2 Å². The maximum Gasteiger partial charge on any atom is 0 e. The third kappa shape index (κ3) is 485. The molecule has 0 aliphatic heterocycles. The Balaban J connectivity index is -0.0000000183. The Bertz CT molecular complexity index is 25.9. The topological polar surface area (TPSA) is 0 Å². The summed E-state index contributed by atoms with van der Waals surface area (Å²) in [6.45, 7) is 6.25. The molecule has 0 spiro atoms. The second-order valence-electron chi connectivity index (χ2n) is 1.50. The second-order valence-corrected chi connectivity index (χ2v) is 1.50. The van der Waals surface area contributed by atoms with Gasteiger partial charge in [-0.05, 0) is 0 Å². The summed E-state index contributed by atoms with van der Waals surface area (Å²) in [5, 5.41) is 0. The molecule has 0 aliphatic rings. The van der Waals surface area contributed by atoms with Crippen LogP contribution in [-0.2, 0) is 32.7 Å². The summed E-state index contributed by atoms with van der Waals surface area (Å²) in [6.07, 6.45) is 9.00. The Morgan fingerprint density at radius 1 is 1.12 bits per heavy atom. The summed E-state index contributed by atoms with van der Waals surface area (Å²) < 4.78 is 0. The van der Waals surface area contributed by atoms with Crippen molar-refractivity contribution in [1.82, 2.24) is 0 Å². The van der Waals surface area contributed by atoms with Crippen molar-refractivity contribution in [3.63, 3.8) is 0 Å². The monoisotopic (exact) mass is 187 g/mol. The van der Waals surface area contributed by atoms with Crippen molar-refractivity contribution >= 4 is 0 Å². The molecular weight excluding hydrogens is 173 g/mol. The predicted molar refractivity (Wildman–Crippen MR) is 35.2 cm³/mol. The Hall–Kier alpha value is 0.664. The van der Waals surface area contributed by atoms with Crippen LogP contribution < -0.4 is 0 Å². The van der Waals surface area contributed by atoms with Gasteiger partial charge in [0, 0.05) is 32.7 Å². The third-order valence-electron chi connectivity index (χ3n) is 0. The first-order chi connectivity index (χ1) is 2.73. The molecule has 1 heteroatoms. The second kappa shape index (κ2) is 25.4. The molecular formula is C7H14Y-2. The molecule has 0 unspecified atom stereocenters. The van der Waals surface area contributed by atoms with Crippen LogP contribution in [0.1, 0.15) is 28.2 Å². The van der Waals surface area contributed by atoms with Crippen molar-refractivity contribution < 1.29 is 32.7 Å². The predicted octanol–water partition coefficient (Wildman–Crippen LogP) is 2.46. The van der Waals surface area contributed by atoms with Gasteiger partial charge in [0.1, 0.15) is 0 Å². The molecule has 0 saturated carbocycles. The molecule has 0 aromatic rings. The van der Waals surface area contributed by atoms with E-state index >= 15 is 0 Å². The van der Waals surface area contributed by atoms with Crippen molar-refractivity contribution in [2.24, 2.45) is 0 Å². The molecule has 8 heavy (non-hydrogen) atoms. The van der Waals surface area contributed by atoms with Crippen molar-refractivity contribution in [2.45, 2.75) is 28.2 Å². The Kier molecular flexibility index (Phi) is 74.1. The molecule has 0 amide bonds. The van der Waals surface area contributed by atoms with Gasteiger partial charge in [-0.1, -0.05) is 7.43 Å². The van der Waals surface area contributed by atoms with Gasteiger partial charge in [-0.2, -0.15) is 20.8 Å². The average Bonchev–Trinajstić information content (AvgIpc) is 1.41. The molecule has 0 nitrogen and oxygen atoms in total. The van der Waals surface area contributed by atoms with E-state index in [4.69, 9.17) is 6.42 Å². The molecule has 0 heterocycles. The number of terminal acetylenes is 1. The SMILES string of the molecule is C.C[C-](C)C.[C-]#C.[Y]. The number of hydrogen-bond acceptors (Lipinski definition) is 0. The van der Waals surface area contributed by atoms with Crippen LogP contribution in [0.2, 0.25) is 0 Å². The quantitative estimate of drug-likeness (QED) is 0.403. The zero-order valence-electron chi connectivity index (χ0n) is 5.15. The van der Waals surface area contributed by atoms with Crippen LogP contribution in [0, 0.1) is 18.8 Å². The standard InChI is InChI=1S/C4H9.C2H.CH4.Y/c1-4(2)3;1-2;;/h1-3H3;1H;1H4;/q2*-1;;. The molecule has 0 N–H and O–H groups in total. The molecule has 0 aromatic carbocycles. The van der Waals surface area contributed by atoms with Gasteiger partial charge in [-0.3, -0.25) is 0 Å². The van der Waals surface area contributed by atoms with Crippen LogP contribution in [0.4, 0.5) is 0 Å². The largest absolute Gasteiger partial charge is 0.697 e. The van der Waals surface area contributed by atoms with Gasteiger partial charge in [0.05, 0.1) is 0 Å². The Labute approximate surface area is 79.3 Å². The zero-order chi connectivity index (χ0) is 5.58. The molecule has 0 saturated heterocycles. The summed E-state index contributed by atoms with van der Waals surface area (Å²) >= 11 is 0. The fourth-order valence-corrected chi connectivity index (χ4v) is 0. The first-order valence-corrected chi connectivity index (χ1v) is 1.79. The van der Waals surface area contributed by atoms with Gasteiger partial charge in [0.15, 0.2) is 0 Å². The number of hydrogen-bond donors (Lipinski definition) is 0. The summed E-state index contributed by atoms with van der Waals surface area (Å²) in [5.74, 6) is 1.42. The molecule has 0 fully saturated rings. The normalized spacial score (nSPS) is 4.75. The summed E-state index contributed by atoms with van der Waals surface area (Å²) in [6, 6.07) is 0. The molecule has 0 rings (SSSR count). The molecule has 0 atom stereocenters. The maximum atomic E-state index is 5.25. The van der Waals surface area contributed by atoms with Crippen molar-refractivity contribution in [3.05, 3.63) is 12.3 Å². The van der Waals surface area contributed by atoms with Gasteiger partial charge in [-0.15, -0.1) is 0 Å². The van der Waals surface area contributed by atoms with Crippen molar-refractivity contribution in [1.29, 1.82) is 0 Å². The van der Waals surface area contributed by atoms with E-state index in [0.717, 1.165) is 0 Å². The molecule has 0 aliphatic carbocycles. The minimum Gasteiger partial charge on any atom is -0.697 e. The van der Waals surface area contributed by atoms with Crippen molar-refractivity contribution in [2.75, 3.05) is 0 Å². The van der Waals surface area contributed by atoms with Crippen LogP contribution in [-0.4, -0.2) is 0 Å². The van der Waals surface area contributed by atoms with E-state index < -0.39 is 0 Å². The van der Waals surface area contributed by atoms with Crippen LogP contribution in [0.3, 0.4) is 0 Å². The van der Waals surface area contributed by atoms with Gasteiger partial charge >= 0.3 is 0 Å². The van der Waals surface area contributed by atoms with E-state index in [-0.39, 0.29) is 40.1 Å². The zero-order valence-corrected chi connectivity index (χ0v) is 7.99. The average molecular weight is 187 g/mol. The van der Waals surface area contributed by atoms with Crippen LogP contribution in [0.5, 0.6) is 0 Å². The van der Waals surface area contributed by atoms with Crippen LogP contribution in [0.15, 0.2) is 0 Å². The fourth-order valence-electron chi connectivity index (χ4n) is 0.